The molecule has 0 aliphatic heterocycles. The fraction of sp³-hybridized carbons (Fsp3) is 0.429. The fourth-order valence-electron chi connectivity index (χ4n) is 2.17. The van der Waals surface area contributed by atoms with Crippen LogP contribution in [0.4, 0.5) is 0 Å². The third-order valence-electron chi connectivity index (χ3n) is 2.98. The Balaban J connectivity index is 2.06. The number of rotatable bonds is 5. The number of hydrogen-bond donors (Lipinski definition) is 2. The van der Waals surface area contributed by atoms with Crippen LogP contribution in [0.15, 0.2) is 24.3 Å². The molecule has 1 heterocycles. The van der Waals surface area contributed by atoms with Gasteiger partial charge in [-0.3, -0.25) is 0 Å². The molecule has 0 fully saturated rings. The zero-order chi connectivity index (χ0) is 13.1. The highest BCUT2D eigenvalue weighted by molar-refractivity contribution is 6.36. The molecule has 1 atom stereocenters. The van der Waals surface area contributed by atoms with E-state index in [1.807, 2.05) is 24.3 Å². The molecule has 0 aliphatic rings. The van der Waals surface area contributed by atoms with Crippen LogP contribution >= 0.6 is 11.6 Å². The van der Waals surface area contributed by atoms with E-state index in [2.05, 4.69) is 36.2 Å². The zero-order valence-electron chi connectivity index (χ0n) is 11.1. The zero-order valence-corrected chi connectivity index (χ0v) is 11.9. The molecule has 98 valence electrons. The van der Waals surface area contributed by atoms with Crippen molar-refractivity contribution in [2.75, 3.05) is 20.6 Å². The van der Waals surface area contributed by atoms with Crippen molar-refractivity contribution in [2.45, 2.75) is 19.5 Å². The van der Waals surface area contributed by atoms with Gasteiger partial charge in [0.1, 0.15) is 0 Å². The Labute approximate surface area is 113 Å². The van der Waals surface area contributed by atoms with Crippen LogP contribution in [0, 0.1) is 0 Å². The number of fused-ring (bicyclic) bond motifs is 1. The van der Waals surface area contributed by atoms with Crippen molar-refractivity contribution in [1.82, 2.24) is 15.2 Å². The van der Waals surface area contributed by atoms with E-state index in [9.17, 15) is 0 Å². The standard InChI is InChI=1S/C14H20ClN3/c1-10(9-18(2)3)16-8-13-14(15)11-6-4-5-7-12(11)17-13/h4-7,10,16-17H,8-9H2,1-3H3. The monoisotopic (exact) mass is 265 g/mol. The Morgan fingerprint density at radius 1 is 1.33 bits per heavy atom. The molecule has 18 heavy (non-hydrogen) atoms. The van der Waals surface area contributed by atoms with Crippen molar-refractivity contribution in [2.24, 2.45) is 0 Å². The molecule has 1 aromatic heterocycles. The van der Waals surface area contributed by atoms with Gasteiger partial charge in [-0.05, 0) is 27.1 Å². The highest BCUT2D eigenvalue weighted by Gasteiger charge is 2.10. The summed E-state index contributed by atoms with van der Waals surface area (Å²) in [5.74, 6) is 0. The van der Waals surface area contributed by atoms with Crippen LogP contribution in [0.3, 0.4) is 0 Å². The van der Waals surface area contributed by atoms with E-state index in [1.54, 1.807) is 0 Å². The lowest BCUT2D eigenvalue weighted by Crippen LogP contribution is -2.35. The Kier molecular flexibility index (Phi) is 4.27. The molecule has 2 rings (SSSR count). The van der Waals surface area contributed by atoms with Crippen molar-refractivity contribution >= 4 is 22.5 Å². The van der Waals surface area contributed by atoms with Crippen molar-refractivity contribution in [3.8, 4) is 0 Å². The summed E-state index contributed by atoms with van der Waals surface area (Å²) in [7, 11) is 4.15. The average molecular weight is 266 g/mol. The van der Waals surface area contributed by atoms with Gasteiger partial charge in [-0.2, -0.15) is 0 Å². The van der Waals surface area contributed by atoms with Gasteiger partial charge in [0.2, 0.25) is 0 Å². The molecule has 2 N–H and O–H groups in total. The van der Waals surface area contributed by atoms with Gasteiger partial charge in [-0.1, -0.05) is 29.8 Å². The molecule has 1 aromatic carbocycles. The minimum atomic E-state index is 0.433. The van der Waals surface area contributed by atoms with Crippen LogP contribution in [0.1, 0.15) is 12.6 Å². The number of benzene rings is 1. The second-order valence-electron chi connectivity index (χ2n) is 5.01. The summed E-state index contributed by atoms with van der Waals surface area (Å²) >= 11 is 6.36. The summed E-state index contributed by atoms with van der Waals surface area (Å²) in [6, 6.07) is 8.55. The predicted molar refractivity (Wildman–Crippen MR) is 78.2 cm³/mol. The first-order valence-corrected chi connectivity index (χ1v) is 6.59. The van der Waals surface area contributed by atoms with E-state index in [1.165, 1.54) is 0 Å². The maximum atomic E-state index is 6.36. The third kappa shape index (κ3) is 3.05. The van der Waals surface area contributed by atoms with Gasteiger partial charge in [0.25, 0.3) is 0 Å². The number of H-pyrrole nitrogens is 1. The molecule has 4 heteroatoms. The van der Waals surface area contributed by atoms with Gasteiger partial charge in [-0.25, -0.2) is 0 Å². The summed E-state index contributed by atoms with van der Waals surface area (Å²) < 4.78 is 0. The number of halogens is 1. The molecular formula is C14H20ClN3. The van der Waals surface area contributed by atoms with Gasteiger partial charge in [0.15, 0.2) is 0 Å². The lowest BCUT2D eigenvalue weighted by Gasteiger charge is -2.18. The van der Waals surface area contributed by atoms with Gasteiger partial charge in [-0.15, -0.1) is 0 Å². The van der Waals surface area contributed by atoms with Crippen LogP contribution in [-0.2, 0) is 6.54 Å². The molecule has 0 bridgehead atoms. The quantitative estimate of drug-likeness (QED) is 0.871. The lowest BCUT2D eigenvalue weighted by molar-refractivity contribution is 0.348. The van der Waals surface area contributed by atoms with E-state index >= 15 is 0 Å². The first-order valence-electron chi connectivity index (χ1n) is 6.21. The normalized spacial score (nSPS) is 13.4. The van der Waals surface area contributed by atoms with Gasteiger partial charge >= 0.3 is 0 Å². The number of hydrogen-bond acceptors (Lipinski definition) is 2. The van der Waals surface area contributed by atoms with Crippen molar-refractivity contribution < 1.29 is 0 Å². The summed E-state index contributed by atoms with van der Waals surface area (Å²) in [6.07, 6.45) is 0. The van der Waals surface area contributed by atoms with Gasteiger partial charge in [0, 0.05) is 35.7 Å². The third-order valence-corrected chi connectivity index (χ3v) is 3.41. The highest BCUT2D eigenvalue weighted by Crippen LogP contribution is 2.26. The van der Waals surface area contributed by atoms with E-state index in [4.69, 9.17) is 11.6 Å². The van der Waals surface area contributed by atoms with E-state index < -0.39 is 0 Å². The Morgan fingerprint density at radius 2 is 2.06 bits per heavy atom. The summed E-state index contributed by atoms with van der Waals surface area (Å²) in [4.78, 5) is 5.54. The minimum absolute atomic E-state index is 0.433. The first kappa shape index (κ1) is 13.4. The SMILES string of the molecule is CC(CN(C)C)NCc1[nH]c2ccccc2c1Cl. The molecule has 3 nitrogen and oxygen atoms in total. The highest BCUT2D eigenvalue weighted by atomic mass is 35.5. The van der Waals surface area contributed by atoms with Crippen LogP contribution in [0.2, 0.25) is 5.02 Å². The second kappa shape index (κ2) is 5.74. The summed E-state index contributed by atoms with van der Waals surface area (Å²) in [6.45, 7) is 3.96. The van der Waals surface area contributed by atoms with E-state index in [0.29, 0.717) is 6.04 Å². The topological polar surface area (TPSA) is 31.1 Å². The predicted octanol–water partition coefficient (Wildman–Crippen LogP) is 2.86. The van der Waals surface area contributed by atoms with E-state index in [-0.39, 0.29) is 0 Å². The molecule has 0 aliphatic carbocycles. The Morgan fingerprint density at radius 3 is 2.72 bits per heavy atom. The molecular weight excluding hydrogens is 246 g/mol. The average Bonchev–Trinajstić information content (AvgIpc) is 2.64. The number of aromatic nitrogens is 1. The van der Waals surface area contributed by atoms with Crippen molar-refractivity contribution in [3.63, 3.8) is 0 Å². The van der Waals surface area contributed by atoms with Crippen molar-refractivity contribution in [1.29, 1.82) is 0 Å². The Hall–Kier alpha value is -1.03. The van der Waals surface area contributed by atoms with Crippen LogP contribution in [0.25, 0.3) is 10.9 Å². The second-order valence-corrected chi connectivity index (χ2v) is 5.39. The van der Waals surface area contributed by atoms with Crippen molar-refractivity contribution in [3.05, 3.63) is 35.0 Å². The van der Waals surface area contributed by atoms with E-state index in [0.717, 1.165) is 34.7 Å². The number of nitrogens with one attached hydrogen (secondary N) is 2. The lowest BCUT2D eigenvalue weighted by atomic mass is 10.2. The molecule has 0 radical (unpaired) electrons. The maximum absolute atomic E-state index is 6.36. The molecule has 0 saturated carbocycles. The van der Waals surface area contributed by atoms with Crippen LogP contribution < -0.4 is 5.32 Å². The largest absolute Gasteiger partial charge is 0.356 e. The molecule has 0 spiro atoms. The molecule has 0 saturated heterocycles. The smallest absolute Gasteiger partial charge is 0.0705 e. The first-order chi connectivity index (χ1) is 8.58. The molecule has 2 aromatic rings. The van der Waals surface area contributed by atoms with Crippen LogP contribution in [0.5, 0.6) is 0 Å². The molecule has 0 amide bonds. The van der Waals surface area contributed by atoms with Crippen LogP contribution in [-0.4, -0.2) is 36.6 Å². The number of aromatic amines is 1. The summed E-state index contributed by atoms with van der Waals surface area (Å²) in [5.41, 5.74) is 2.16. The van der Waals surface area contributed by atoms with Gasteiger partial charge < -0.3 is 15.2 Å². The Bertz CT molecular complexity index is 519. The number of likely N-dealkylation sites (N-methyl/N-ethyl adjacent to an activating group) is 1. The number of para-hydroxylation sites is 1. The summed E-state index contributed by atoms with van der Waals surface area (Å²) in [5, 5.41) is 5.40. The minimum Gasteiger partial charge on any atom is -0.356 e. The fourth-order valence-corrected chi connectivity index (χ4v) is 2.45. The van der Waals surface area contributed by atoms with Gasteiger partial charge in [0.05, 0.1) is 5.02 Å². The molecule has 1 unspecified atom stereocenters. The number of nitrogens with zero attached hydrogens (tertiary/aromatic N) is 1. The maximum Gasteiger partial charge on any atom is 0.0705 e.